The number of methoxy groups -OCH3 is 3. The van der Waals surface area contributed by atoms with Gasteiger partial charge in [-0.25, -0.2) is 0 Å². The summed E-state index contributed by atoms with van der Waals surface area (Å²) in [5.41, 5.74) is 2.74. The van der Waals surface area contributed by atoms with E-state index >= 15 is 0 Å². The van der Waals surface area contributed by atoms with E-state index in [0.717, 1.165) is 58.3 Å². The first-order chi connectivity index (χ1) is 28.0. The number of aliphatic hydroxyl groups excluding tert-OH is 1. The van der Waals surface area contributed by atoms with Crippen LogP contribution >= 0.6 is 0 Å². The highest BCUT2D eigenvalue weighted by atomic mass is 16.5. The Hall–Kier alpha value is -3.39. The number of hydrogen-bond acceptors (Lipinski definition) is 6. The van der Waals surface area contributed by atoms with Crippen LogP contribution in [-0.2, 0) is 19.9 Å². The number of aliphatic hydroxyl groups is 1. The number of carbonyl (C=O) groups excluding carboxylic acids is 1. The van der Waals surface area contributed by atoms with Crippen molar-refractivity contribution in [3.8, 4) is 11.5 Å². The lowest BCUT2D eigenvalue weighted by Crippen LogP contribution is -2.54. The van der Waals surface area contributed by atoms with Crippen molar-refractivity contribution in [3.05, 3.63) is 95.6 Å². The maximum Gasteiger partial charge on any atom is 0.222 e. The number of rotatable bonds is 13. The van der Waals surface area contributed by atoms with E-state index < -0.39 is 11.7 Å². The fourth-order valence-electron chi connectivity index (χ4n) is 13.8. The number of hydrogen-bond donors (Lipinski definition) is 1. The molecule has 0 spiro atoms. The summed E-state index contributed by atoms with van der Waals surface area (Å²) < 4.78 is 24.2. The molecule has 7 heteroatoms. The third-order valence-electron chi connectivity index (χ3n) is 16.9. The predicted octanol–water partition coefficient (Wildman–Crippen LogP) is 10.1. The summed E-state index contributed by atoms with van der Waals surface area (Å²) in [6.07, 6.45) is 13.7. The average molecular weight is 792 g/mol. The molecule has 314 valence electrons. The Morgan fingerprint density at radius 3 is 2.03 bits per heavy atom. The largest absolute Gasteiger partial charge is 0.497 e. The minimum absolute atomic E-state index is 0.137. The molecule has 1 amide bonds. The SMILES string of the molecule is COc1ccc(C(OC[C@@H]2C[C@@H](O)CN2C(=O)CC[C@@H](C)[C@H]2CC[C@H]3[C@@H]4CCC5C[C@H](OC)CC[C@]5(C)[C@H]4CC[C@]23C)(c2ccccc2)c2ccc(OC)cc2)cc1. The van der Waals surface area contributed by atoms with Gasteiger partial charge in [-0.1, -0.05) is 75.4 Å². The highest BCUT2D eigenvalue weighted by molar-refractivity contribution is 5.77. The molecule has 1 heterocycles. The van der Waals surface area contributed by atoms with Gasteiger partial charge in [0, 0.05) is 20.1 Å². The third-order valence-corrected chi connectivity index (χ3v) is 16.9. The van der Waals surface area contributed by atoms with E-state index in [9.17, 15) is 9.90 Å². The van der Waals surface area contributed by atoms with E-state index in [0.29, 0.717) is 48.2 Å². The van der Waals surface area contributed by atoms with Gasteiger partial charge in [-0.3, -0.25) is 4.79 Å². The molecule has 1 N–H and O–H groups in total. The molecule has 4 saturated carbocycles. The van der Waals surface area contributed by atoms with Crippen molar-refractivity contribution in [1.82, 2.24) is 4.90 Å². The van der Waals surface area contributed by atoms with Gasteiger partial charge < -0.3 is 29.0 Å². The molecule has 5 fully saturated rings. The van der Waals surface area contributed by atoms with Crippen LogP contribution in [0.5, 0.6) is 11.5 Å². The lowest BCUT2D eigenvalue weighted by molar-refractivity contribution is -0.136. The smallest absolute Gasteiger partial charge is 0.222 e. The highest BCUT2D eigenvalue weighted by Gasteiger charge is 2.60. The van der Waals surface area contributed by atoms with Crippen LogP contribution in [0.4, 0.5) is 0 Å². The maximum absolute atomic E-state index is 14.3. The molecule has 0 bridgehead atoms. The Bertz CT molecular complexity index is 1780. The molecule has 11 atom stereocenters. The zero-order chi connectivity index (χ0) is 40.7. The van der Waals surface area contributed by atoms with Gasteiger partial charge in [0.2, 0.25) is 5.91 Å². The van der Waals surface area contributed by atoms with Crippen molar-refractivity contribution in [2.75, 3.05) is 34.5 Å². The van der Waals surface area contributed by atoms with Gasteiger partial charge in [-0.2, -0.15) is 0 Å². The molecule has 1 aliphatic heterocycles. The van der Waals surface area contributed by atoms with Gasteiger partial charge >= 0.3 is 0 Å². The monoisotopic (exact) mass is 792 g/mol. The van der Waals surface area contributed by atoms with Crippen LogP contribution in [0, 0.1) is 46.3 Å². The lowest BCUT2D eigenvalue weighted by atomic mass is 9.44. The second kappa shape index (κ2) is 16.9. The number of amides is 1. The Morgan fingerprint density at radius 2 is 1.40 bits per heavy atom. The van der Waals surface area contributed by atoms with Gasteiger partial charge in [-0.05, 0) is 158 Å². The number of likely N-dealkylation sites (tertiary alicyclic amines) is 1. The van der Waals surface area contributed by atoms with Crippen LogP contribution in [-0.4, -0.2) is 68.6 Å². The molecule has 58 heavy (non-hydrogen) atoms. The Labute approximate surface area is 348 Å². The van der Waals surface area contributed by atoms with Crippen molar-refractivity contribution in [2.45, 2.75) is 122 Å². The summed E-state index contributed by atoms with van der Waals surface area (Å²) in [6, 6.07) is 26.1. The molecular weight excluding hydrogens is 723 g/mol. The van der Waals surface area contributed by atoms with Crippen LogP contribution in [0.3, 0.4) is 0 Å². The number of fused-ring (bicyclic) bond motifs is 5. The Morgan fingerprint density at radius 1 is 0.776 bits per heavy atom. The van der Waals surface area contributed by atoms with E-state index in [1.807, 2.05) is 54.5 Å². The summed E-state index contributed by atoms with van der Waals surface area (Å²) in [5.74, 6) is 6.14. The topological polar surface area (TPSA) is 77.5 Å². The number of carbonyl (C=O) groups is 1. The molecule has 3 aromatic carbocycles. The van der Waals surface area contributed by atoms with Crippen LogP contribution in [0.2, 0.25) is 0 Å². The van der Waals surface area contributed by atoms with E-state index in [1.165, 1.54) is 57.8 Å². The maximum atomic E-state index is 14.3. The van der Waals surface area contributed by atoms with Gasteiger partial charge in [0.15, 0.2) is 0 Å². The molecule has 7 nitrogen and oxygen atoms in total. The number of ether oxygens (including phenoxy) is 4. The van der Waals surface area contributed by atoms with Gasteiger partial charge in [0.05, 0.1) is 39.1 Å². The molecule has 3 aromatic rings. The molecule has 0 aromatic heterocycles. The fraction of sp³-hybridized carbons (Fsp3) is 0.627. The fourth-order valence-corrected chi connectivity index (χ4v) is 13.8. The molecule has 1 unspecified atom stereocenters. The number of β-amino-alcohol motifs (C(OH)–C–C–N with tert-alkyl or cyclic N) is 1. The van der Waals surface area contributed by atoms with E-state index in [4.69, 9.17) is 18.9 Å². The summed E-state index contributed by atoms with van der Waals surface area (Å²) in [7, 11) is 5.25. The van der Waals surface area contributed by atoms with E-state index in [1.54, 1.807) is 14.2 Å². The second-order valence-electron chi connectivity index (χ2n) is 19.4. The van der Waals surface area contributed by atoms with Gasteiger partial charge in [0.1, 0.15) is 17.1 Å². The highest BCUT2D eigenvalue weighted by Crippen LogP contribution is 2.68. The first-order valence-electron chi connectivity index (χ1n) is 22.5. The van der Waals surface area contributed by atoms with Gasteiger partial charge in [-0.15, -0.1) is 0 Å². The Kier molecular flexibility index (Phi) is 12.1. The lowest BCUT2D eigenvalue weighted by Gasteiger charge is -2.61. The third kappa shape index (κ3) is 7.40. The summed E-state index contributed by atoms with van der Waals surface area (Å²) in [5, 5.41) is 11.1. The van der Waals surface area contributed by atoms with Crippen molar-refractivity contribution in [1.29, 1.82) is 0 Å². The van der Waals surface area contributed by atoms with Crippen molar-refractivity contribution >= 4 is 5.91 Å². The Balaban J connectivity index is 0.963. The first-order valence-corrected chi connectivity index (χ1v) is 22.5. The van der Waals surface area contributed by atoms with Crippen LogP contribution in [0.25, 0.3) is 0 Å². The molecular formula is C51H69NO6. The van der Waals surface area contributed by atoms with Gasteiger partial charge in [0.25, 0.3) is 0 Å². The van der Waals surface area contributed by atoms with Crippen LogP contribution in [0.15, 0.2) is 78.9 Å². The number of nitrogens with zero attached hydrogens (tertiary/aromatic N) is 1. The molecule has 1 saturated heterocycles. The molecule has 8 rings (SSSR count). The molecule has 5 aliphatic rings. The normalized spacial score (nSPS) is 33.8. The van der Waals surface area contributed by atoms with Crippen LogP contribution < -0.4 is 9.47 Å². The first kappa shape index (κ1) is 41.3. The zero-order valence-corrected chi connectivity index (χ0v) is 36.0. The predicted molar refractivity (Wildman–Crippen MR) is 229 cm³/mol. The average Bonchev–Trinajstić information content (AvgIpc) is 3.82. The van der Waals surface area contributed by atoms with E-state index in [2.05, 4.69) is 57.2 Å². The summed E-state index contributed by atoms with van der Waals surface area (Å²) >= 11 is 0. The second-order valence-corrected chi connectivity index (χ2v) is 19.4. The summed E-state index contributed by atoms with van der Waals surface area (Å²) in [4.78, 5) is 16.2. The number of benzene rings is 3. The minimum atomic E-state index is -0.982. The zero-order valence-electron chi connectivity index (χ0n) is 36.0. The standard InChI is InChI=1S/C51H69NO6/c1-34(45-23-24-46-44-22-17-38-30-43(57-6)26-28-49(38,2)47(44)27-29-50(45,46)3)12-25-48(54)52-32-40(53)31-39(52)33-58-51(35-10-8-7-9-11-35,36-13-18-41(55-4)19-14-36)37-15-20-42(56-5)21-16-37/h7-11,13-16,18-21,34,38-40,43-47,53H,12,17,22-33H2,1-6H3/t34-,38?,39+,40-,43-,44+,45-,46+,47+,49+,50-/m1/s1. The quantitative estimate of drug-likeness (QED) is 0.174. The van der Waals surface area contributed by atoms with Crippen LogP contribution in [0.1, 0.15) is 115 Å². The van der Waals surface area contributed by atoms with Crippen molar-refractivity contribution in [2.24, 2.45) is 46.3 Å². The van der Waals surface area contributed by atoms with E-state index in [-0.39, 0.29) is 18.6 Å². The molecule has 4 aliphatic carbocycles. The summed E-state index contributed by atoms with van der Waals surface area (Å²) in [6.45, 7) is 8.34. The molecule has 0 radical (unpaired) electrons. The minimum Gasteiger partial charge on any atom is -0.497 e. The van der Waals surface area contributed by atoms with Crippen molar-refractivity contribution in [3.63, 3.8) is 0 Å². The van der Waals surface area contributed by atoms with Crippen molar-refractivity contribution < 1.29 is 28.8 Å².